The van der Waals surface area contributed by atoms with E-state index in [0.717, 1.165) is 12.8 Å². The van der Waals surface area contributed by atoms with Crippen LogP contribution in [0.1, 0.15) is 12.0 Å². The molecule has 0 radical (unpaired) electrons. The Morgan fingerprint density at radius 3 is 2.70 bits per heavy atom. The first-order valence-corrected chi connectivity index (χ1v) is 3.73. The van der Waals surface area contributed by atoms with Gasteiger partial charge in [0.05, 0.1) is 0 Å². The normalized spacial score (nSPS) is 9.20. The maximum absolute atomic E-state index is 4.71. The smallest absolute Gasteiger partial charge is 0.0270 e. The van der Waals surface area contributed by atoms with Crippen LogP contribution in [0.15, 0.2) is 24.5 Å². The van der Waals surface area contributed by atoms with Gasteiger partial charge in [-0.15, -0.1) is 0 Å². The minimum atomic E-state index is 0.972. The second kappa shape index (κ2) is 4.12. The number of hydrogen-bond donors (Lipinski definition) is 0. The van der Waals surface area contributed by atoms with Gasteiger partial charge in [0.25, 0.3) is 0 Å². The highest BCUT2D eigenvalue weighted by Gasteiger charge is 1.87. The minimum Gasteiger partial charge on any atom is -0.265 e. The molecule has 0 aliphatic carbocycles. The van der Waals surface area contributed by atoms with E-state index in [1.54, 1.807) is 17.8 Å². The largest absolute Gasteiger partial charge is 0.265 e. The molecule has 0 aromatic carbocycles. The third-order valence-corrected chi connectivity index (χ3v) is 1.54. The van der Waals surface area contributed by atoms with E-state index in [0.29, 0.717) is 0 Å². The Bertz CT molecular complexity index is 196. The van der Waals surface area contributed by atoms with Crippen molar-refractivity contribution in [1.29, 1.82) is 0 Å². The number of hydrogen-bond acceptors (Lipinski definition) is 2. The fraction of sp³-hybridized carbons (Fsp3) is 0.250. The van der Waals surface area contributed by atoms with Crippen LogP contribution in [-0.2, 0) is 6.42 Å². The summed E-state index contributed by atoms with van der Waals surface area (Å²) in [6.07, 6.45) is 5.61. The molecule has 0 N–H and O–H groups in total. The molecule has 0 unspecified atom stereocenters. The Labute approximate surface area is 66.1 Å². The summed E-state index contributed by atoms with van der Waals surface area (Å²) in [5, 5.41) is 1.76. The van der Waals surface area contributed by atoms with Crippen molar-refractivity contribution < 1.29 is 0 Å². The number of aromatic nitrogens is 1. The van der Waals surface area contributed by atoms with Crippen LogP contribution in [0.25, 0.3) is 0 Å². The van der Waals surface area contributed by atoms with E-state index in [2.05, 4.69) is 4.98 Å². The average Bonchev–Trinajstić information content (AvgIpc) is 2.03. The van der Waals surface area contributed by atoms with Crippen LogP contribution in [0.3, 0.4) is 0 Å². The van der Waals surface area contributed by atoms with E-state index in [9.17, 15) is 0 Å². The van der Waals surface area contributed by atoms with E-state index in [4.69, 9.17) is 12.2 Å². The summed E-state index contributed by atoms with van der Waals surface area (Å²) in [6.45, 7) is 0. The highest BCUT2D eigenvalue weighted by atomic mass is 32.1. The summed E-state index contributed by atoms with van der Waals surface area (Å²) in [5.41, 5.74) is 1.30. The zero-order chi connectivity index (χ0) is 7.23. The number of pyridine rings is 1. The van der Waals surface area contributed by atoms with E-state index in [-0.39, 0.29) is 0 Å². The molecule has 1 nitrogen and oxygen atoms in total. The van der Waals surface area contributed by atoms with Crippen LogP contribution in [0, 0.1) is 0 Å². The van der Waals surface area contributed by atoms with Gasteiger partial charge in [0.1, 0.15) is 0 Å². The molecule has 1 aromatic rings. The Balaban J connectivity index is 2.50. The van der Waals surface area contributed by atoms with Gasteiger partial charge in [-0.3, -0.25) is 4.98 Å². The van der Waals surface area contributed by atoms with Gasteiger partial charge in [0, 0.05) is 12.4 Å². The molecule has 0 aliphatic heterocycles. The predicted molar refractivity (Wildman–Crippen MR) is 46.2 cm³/mol. The molecule has 0 saturated heterocycles. The van der Waals surface area contributed by atoms with Crippen molar-refractivity contribution in [2.24, 2.45) is 0 Å². The number of thiocarbonyl (C=S) groups is 1. The van der Waals surface area contributed by atoms with Crippen LogP contribution in [-0.4, -0.2) is 10.4 Å². The first-order valence-electron chi connectivity index (χ1n) is 3.26. The lowest BCUT2D eigenvalue weighted by Gasteiger charge is -1.93. The maximum Gasteiger partial charge on any atom is 0.0270 e. The molecule has 1 heterocycles. The summed E-state index contributed by atoms with van der Waals surface area (Å²) < 4.78 is 0. The zero-order valence-electron chi connectivity index (χ0n) is 5.66. The van der Waals surface area contributed by atoms with Crippen LogP contribution in [0.5, 0.6) is 0 Å². The molecular weight excluding hydrogens is 142 g/mol. The molecular formula is C8H9NS. The third-order valence-electron chi connectivity index (χ3n) is 1.30. The van der Waals surface area contributed by atoms with Crippen molar-refractivity contribution in [3.63, 3.8) is 0 Å². The lowest BCUT2D eigenvalue weighted by molar-refractivity contribution is 1.05. The second-order valence-corrected chi connectivity index (χ2v) is 2.39. The lowest BCUT2D eigenvalue weighted by Crippen LogP contribution is -1.84. The molecule has 1 aromatic heterocycles. The summed E-state index contributed by atoms with van der Waals surface area (Å²) in [5.74, 6) is 0. The van der Waals surface area contributed by atoms with E-state index in [1.165, 1.54) is 5.56 Å². The van der Waals surface area contributed by atoms with Gasteiger partial charge in [-0.25, -0.2) is 0 Å². The van der Waals surface area contributed by atoms with Crippen LogP contribution >= 0.6 is 12.2 Å². The van der Waals surface area contributed by atoms with Crippen LogP contribution < -0.4 is 0 Å². The standard InChI is InChI=1S/C8H9NS/c10-7-1-2-8-3-5-9-6-4-8/h3-7H,1-2H2. The summed E-state index contributed by atoms with van der Waals surface area (Å²) in [4.78, 5) is 3.92. The van der Waals surface area contributed by atoms with Gasteiger partial charge in [0.2, 0.25) is 0 Å². The van der Waals surface area contributed by atoms with Crippen molar-refractivity contribution in [2.45, 2.75) is 12.8 Å². The quantitative estimate of drug-likeness (QED) is 0.613. The average molecular weight is 151 g/mol. The molecule has 2 heteroatoms. The molecule has 10 heavy (non-hydrogen) atoms. The molecule has 1 rings (SSSR count). The van der Waals surface area contributed by atoms with Crippen LogP contribution in [0.2, 0.25) is 0 Å². The molecule has 0 bridgehead atoms. The SMILES string of the molecule is S=CCCc1ccncc1. The monoisotopic (exact) mass is 151 g/mol. The van der Waals surface area contributed by atoms with Crippen LogP contribution in [0.4, 0.5) is 0 Å². The Morgan fingerprint density at radius 2 is 2.10 bits per heavy atom. The van der Waals surface area contributed by atoms with Gasteiger partial charge in [-0.05, 0) is 35.9 Å². The Morgan fingerprint density at radius 1 is 1.40 bits per heavy atom. The first kappa shape index (κ1) is 7.35. The fourth-order valence-electron chi connectivity index (χ4n) is 0.775. The second-order valence-electron chi connectivity index (χ2n) is 2.06. The summed E-state index contributed by atoms with van der Waals surface area (Å²) in [6, 6.07) is 4.03. The van der Waals surface area contributed by atoms with E-state index in [1.807, 2.05) is 12.1 Å². The molecule has 0 saturated carbocycles. The van der Waals surface area contributed by atoms with Gasteiger partial charge in [-0.1, -0.05) is 12.2 Å². The van der Waals surface area contributed by atoms with Gasteiger partial charge in [-0.2, -0.15) is 0 Å². The predicted octanol–water partition coefficient (Wildman–Crippen LogP) is 2.01. The molecule has 0 aliphatic rings. The zero-order valence-corrected chi connectivity index (χ0v) is 6.47. The highest BCUT2D eigenvalue weighted by Crippen LogP contribution is 1.98. The maximum atomic E-state index is 4.71. The van der Waals surface area contributed by atoms with Crippen molar-refractivity contribution >= 4 is 17.6 Å². The van der Waals surface area contributed by atoms with Crippen molar-refractivity contribution in [1.82, 2.24) is 4.98 Å². The number of aryl methyl sites for hydroxylation is 1. The molecule has 0 atom stereocenters. The fourth-order valence-corrected chi connectivity index (χ4v) is 0.893. The number of nitrogens with zero attached hydrogens (tertiary/aromatic N) is 1. The Hall–Kier alpha value is -0.760. The highest BCUT2D eigenvalue weighted by molar-refractivity contribution is 7.78. The topological polar surface area (TPSA) is 12.9 Å². The molecule has 0 amide bonds. The molecule has 0 spiro atoms. The lowest BCUT2D eigenvalue weighted by atomic mass is 10.2. The third kappa shape index (κ3) is 2.23. The summed E-state index contributed by atoms with van der Waals surface area (Å²) in [7, 11) is 0. The number of rotatable bonds is 3. The minimum absolute atomic E-state index is 0.972. The van der Waals surface area contributed by atoms with Crippen molar-refractivity contribution in [2.75, 3.05) is 0 Å². The van der Waals surface area contributed by atoms with Gasteiger partial charge >= 0.3 is 0 Å². The van der Waals surface area contributed by atoms with Crippen molar-refractivity contribution in [3.8, 4) is 0 Å². The molecule has 0 fully saturated rings. The van der Waals surface area contributed by atoms with E-state index >= 15 is 0 Å². The first-order chi connectivity index (χ1) is 4.93. The summed E-state index contributed by atoms with van der Waals surface area (Å²) >= 11 is 4.71. The Kier molecular flexibility index (Phi) is 3.03. The van der Waals surface area contributed by atoms with Gasteiger partial charge < -0.3 is 0 Å². The van der Waals surface area contributed by atoms with Gasteiger partial charge in [0.15, 0.2) is 0 Å². The van der Waals surface area contributed by atoms with E-state index < -0.39 is 0 Å². The molecule has 52 valence electrons. The van der Waals surface area contributed by atoms with Crippen molar-refractivity contribution in [3.05, 3.63) is 30.1 Å².